The predicted molar refractivity (Wildman–Crippen MR) is 134 cm³/mol. The molecule has 1 aliphatic heterocycles. The molecule has 32 heavy (non-hydrogen) atoms. The van der Waals surface area contributed by atoms with E-state index in [0.29, 0.717) is 5.56 Å². The van der Waals surface area contributed by atoms with Crippen LogP contribution in [-0.4, -0.2) is 34.4 Å². The molecule has 6 heteroatoms. The summed E-state index contributed by atoms with van der Waals surface area (Å²) >= 11 is 1.66. The van der Waals surface area contributed by atoms with E-state index in [1.165, 1.54) is 4.88 Å². The molecule has 2 aromatic heterocycles. The quantitative estimate of drug-likeness (QED) is 0.600. The van der Waals surface area contributed by atoms with Crippen molar-refractivity contribution in [3.8, 4) is 0 Å². The number of likely N-dealkylation sites (tertiary alicyclic amines) is 1. The van der Waals surface area contributed by atoms with Crippen molar-refractivity contribution in [3.05, 3.63) is 66.3 Å². The minimum atomic E-state index is -0.132. The lowest BCUT2D eigenvalue weighted by Gasteiger charge is -2.39. The van der Waals surface area contributed by atoms with E-state index in [4.69, 9.17) is 0 Å². The number of nitrogens with one attached hydrogen (secondary N) is 2. The van der Waals surface area contributed by atoms with Crippen molar-refractivity contribution in [2.24, 2.45) is 0 Å². The lowest BCUT2D eigenvalue weighted by Crippen LogP contribution is -2.44. The maximum atomic E-state index is 12.7. The molecule has 1 fully saturated rings. The third-order valence-electron chi connectivity index (χ3n) is 6.46. The number of aryl methyl sites for hydroxylation is 3. The number of hydrogen-bond donors (Lipinski definition) is 2. The summed E-state index contributed by atoms with van der Waals surface area (Å²) in [5.41, 5.74) is 5.80. The molecule has 0 radical (unpaired) electrons. The highest BCUT2D eigenvalue weighted by Crippen LogP contribution is 2.26. The van der Waals surface area contributed by atoms with Crippen molar-refractivity contribution in [2.45, 2.75) is 79.3 Å². The molecule has 0 spiro atoms. The molecule has 0 unspecified atom stereocenters. The summed E-state index contributed by atoms with van der Waals surface area (Å²) in [7, 11) is 0. The van der Waals surface area contributed by atoms with Crippen LogP contribution in [0.15, 0.2) is 27.9 Å². The van der Waals surface area contributed by atoms with Crippen LogP contribution in [0.3, 0.4) is 0 Å². The van der Waals surface area contributed by atoms with E-state index in [0.717, 1.165) is 61.2 Å². The molecule has 3 rings (SSSR count). The largest absolute Gasteiger partial charge is 0.348 e. The third-order valence-corrected chi connectivity index (χ3v) is 7.61. The van der Waals surface area contributed by atoms with Crippen molar-refractivity contribution in [2.75, 3.05) is 13.1 Å². The Kier molecular flexibility index (Phi) is 7.78. The molecular weight excluding hydrogens is 418 g/mol. The van der Waals surface area contributed by atoms with Gasteiger partial charge in [-0.05, 0) is 84.4 Å². The number of aromatic amines is 1. The molecule has 0 bridgehead atoms. The number of rotatable bonds is 6. The second-order valence-electron chi connectivity index (χ2n) is 9.88. The van der Waals surface area contributed by atoms with Crippen LogP contribution >= 0.6 is 11.3 Å². The van der Waals surface area contributed by atoms with E-state index in [-0.39, 0.29) is 23.6 Å². The van der Waals surface area contributed by atoms with Crippen LogP contribution in [-0.2, 0) is 13.0 Å². The number of carbonyl (C=O) groups excluding carboxylic acids is 1. The number of pyridine rings is 1. The van der Waals surface area contributed by atoms with Gasteiger partial charge in [0, 0.05) is 46.7 Å². The molecule has 0 aromatic carbocycles. The molecule has 3 heterocycles. The topological polar surface area (TPSA) is 65.2 Å². The van der Waals surface area contributed by atoms with Crippen molar-refractivity contribution in [3.63, 3.8) is 0 Å². The number of nitrogens with zero attached hydrogens (tertiary/aromatic N) is 1. The van der Waals surface area contributed by atoms with E-state index < -0.39 is 0 Å². The van der Waals surface area contributed by atoms with Gasteiger partial charge in [0.2, 0.25) is 0 Å². The van der Waals surface area contributed by atoms with Crippen molar-refractivity contribution in [1.82, 2.24) is 15.2 Å². The summed E-state index contributed by atoms with van der Waals surface area (Å²) in [5, 5.41) is 4.87. The van der Waals surface area contributed by atoms with Crippen LogP contribution in [0.4, 0.5) is 0 Å². The SMILES string of the molecule is Cc1cc(C)c(CNC(=O)c2csc(CCC=C3CCN(C(C)(C)C)CC3)c2C)c(=O)[nH]1. The second kappa shape index (κ2) is 10.2. The number of thiophene rings is 1. The van der Waals surface area contributed by atoms with Gasteiger partial charge in [-0.1, -0.05) is 11.6 Å². The first-order valence-electron chi connectivity index (χ1n) is 11.5. The number of allylic oxidation sites excluding steroid dienone is 1. The molecule has 1 saturated heterocycles. The van der Waals surface area contributed by atoms with E-state index in [1.54, 1.807) is 16.9 Å². The zero-order valence-electron chi connectivity index (χ0n) is 20.4. The highest BCUT2D eigenvalue weighted by atomic mass is 32.1. The Morgan fingerprint density at radius 3 is 2.53 bits per heavy atom. The summed E-state index contributed by atoms with van der Waals surface area (Å²) in [5.74, 6) is -0.114. The Labute approximate surface area is 195 Å². The Bertz CT molecular complexity index is 1050. The third kappa shape index (κ3) is 5.99. The van der Waals surface area contributed by atoms with Gasteiger partial charge in [0.25, 0.3) is 11.5 Å². The van der Waals surface area contributed by atoms with Crippen LogP contribution < -0.4 is 10.9 Å². The van der Waals surface area contributed by atoms with Crippen LogP contribution in [0, 0.1) is 20.8 Å². The molecule has 0 aliphatic carbocycles. The number of amides is 1. The van der Waals surface area contributed by atoms with Gasteiger partial charge >= 0.3 is 0 Å². The fraction of sp³-hybridized carbons (Fsp3) is 0.538. The molecule has 1 amide bonds. The number of hydrogen-bond acceptors (Lipinski definition) is 4. The summed E-state index contributed by atoms with van der Waals surface area (Å²) in [6.45, 7) is 15.2. The van der Waals surface area contributed by atoms with Gasteiger partial charge in [-0.25, -0.2) is 0 Å². The first-order valence-corrected chi connectivity index (χ1v) is 12.4. The Morgan fingerprint density at radius 2 is 1.91 bits per heavy atom. The van der Waals surface area contributed by atoms with Crippen LogP contribution in [0.1, 0.15) is 77.7 Å². The highest BCUT2D eigenvalue weighted by molar-refractivity contribution is 7.10. The van der Waals surface area contributed by atoms with E-state index in [2.05, 4.69) is 42.0 Å². The molecule has 5 nitrogen and oxygen atoms in total. The van der Waals surface area contributed by atoms with Gasteiger partial charge < -0.3 is 10.3 Å². The number of aromatic nitrogens is 1. The standard InChI is InChI=1S/C26H37N3O2S/c1-17-14-18(2)28-25(31)21(17)15-27-24(30)22-16-32-23(19(22)3)9-7-8-20-10-12-29(13-11-20)26(4,5)6/h8,14,16H,7,9-13,15H2,1-6H3,(H,27,30)(H,28,31). The smallest absolute Gasteiger partial charge is 0.253 e. The number of piperidine rings is 1. The zero-order valence-corrected chi connectivity index (χ0v) is 21.2. The maximum Gasteiger partial charge on any atom is 0.253 e. The summed E-state index contributed by atoms with van der Waals surface area (Å²) in [4.78, 5) is 31.6. The number of carbonyl (C=O) groups is 1. The van der Waals surface area contributed by atoms with Crippen LogP contribution in [0.25, 0.3) is 0 Å². The zero-order chi connectivity index (χ0) is 23.5. The minimum absolute atomic E-state index is 0.114. The fourth-order valence-corrected chi connectivity index (χ4v) is 5.44. The van der Waals surface area contributed by atoms with Gasteiger partial charge in [0.15, 0.2) is 0 Å². The number of H-pyrrole nitrogens is 1. The van der Waals surface area contributed by atoms with Crippen molar-refractivity contribution in [1.29, 1.82) is 0 Å². The van der Waals surface area contributed by atoms with E-state index >= 15 is 0 Å². The summed E-state index contributed by atoms with van der Waals surface area (Å²) in [6, 6.07) is 1.93. The Hall–Kier alpha value is -2.18. The monoisotopic (exact) mass is 455 g/mol. The lowest BCUT2D eigenvalue weighted by molar-refractivity contribution is 0.0950. The van der Waals surface area contributed by atoms with Crippen LogP contribution in [0.5, 0.6) is 0 Å². The fourth-order valence-electron chi connectivity index (χ4n) is 4.37. The molecule has 2 N–H and O–H groups in total. The summed E-state index contributed by atoms with van der Waals surface area (Å²) in [6.07, 6.45) is 6.71. The first kappa shape index (κ1) is 24.5. The normalized spacial score (nSPS) is 15.1. The Balaban J connectivity index is 1.54. The average Bonchev–Trinajstić information content (AvgIpc) is 3.07. The van der Waals surface area contributed by atoms with Crippen LogP contribution in [0.2, 0.25) is 0 Å². The lowest BCUT2D eigenvalue weighted by atomic mass is 9.96. The molecule has 174 valence electrons. The average molecular weight is 456 g/mol. The second-order valence-corrected chi connectivity index (χ2v) is 10.8. The van der Waals surface area contributed by atoms with Gasteiger partial charge in [0.1, 0.15) is 0 Å². The van der Waals surface area contributed by atoms with Crippen molar-refractivity contribution >= 4 is 17.2 Å². The van der Waals surface area contributed by atoms with Gasteiger partial charge in [-0.2, -0.15) is 0 Å². The van der Waals surface area contributed by atoms with Gasteiger partial charge in [0.05, 0.1) is 5.56 Å². The highest BCUT2D eigenvalue weighted by Gasteiger charge is 2.24. The van der Waals surface area contributed by atoms with E-state index in [1.807, 2.05) is 32.2 Å². The first-order chi connectivity index (χ1) is 15.1. The van der Waals surface area contributed by atoms with E-state index in [9.17, 15) is 9.59 Å². The predicted octanol–water partition coefficient (Wildman–Crippen LogP) is 5.04. The summed E-state index contributed by atoms with van der Waals surface area (Å²) < 4.78 is 0. The molecule has 2 aromatic rings. The van der Waals surface area contributed by atoms with Gasteiger partial charge in [-0.15, -0.1) is 11.3 Å². The molecule has 0 atom stereocenters. The molecule has 0 saturated carbocycles. The van der Waals surface area contributed by atoms with Gasteiger partial charge in [-0.3, -0.25) is 14.5 Å². The molecule has 1 aliphatic rings. The minimum Gasteiger partial charge on any atom is -0.348 e. The maximum absolute atomic E-state index is 12.7. The van der Waals surface area contributed by atoms with Crippen molar-refractivity contribution < 1.29 is 4.79 Å². The molecular formula is C26H37N3O2S. The Morgan fingerprint density at radius 1 is 1.22 bits per heavy atom.